The van der Waals surface area contributed by atoms with Crippen molar-refractivity contribution in [2.24, 2.45) is 11.3 Å². The number of amides is 1. The van der Waals surface area contributed by atoms with Gasteiger partial charge in [0.15, 0.2) is 0 Å². The number of aliphatic carboxylic acids is 1. The number of carboxylic acids is 1. The maximum atomic E-state index is 12.7. The highest BCUT2D eigenvalue weighted by Gasteiger charge is 2.44. The van der Waals surface area contributed by atoms with Crippen LogP contribution in [0.2, 0.25) is 0 Å². The standard InChI is InChI=1S/C14H24N2O3/c1-9-10(13(18)19)5-8-16(9)12(17)11-14(2,3)6-4-7-15-11/h9-11,15H,4-8H2,1-3H3,(H,18,19). The Morgan fingerprint density at radius 2 is 2.05 bits per heavy atom. The molecule has 2 fully saturated rings. The molecular weight excluding hydrogens is 244 g/mol. The molecule has 2 rings (SSSR count). The van der Waals surface area contributed by atoms with Gasteiger partial charge >= 0.3 is 5.97 Å². The summed E-state index contributed by atoms with van der Waals surface area (Å²) in [6.07, 6.45) is 2.68. The lowest BCUT2D eigenvalue weighted by Crippen LogP contribution is -2.57. The Morgan fingerprint density at radius 3 is 2.58 bits per heavy atom. The smallest absolute Gasteiger partial charge is 0.308 e. The highest BCUT2D eigenvalue weighted by molar-refractivity contribution is 5.84. The molecule has 0 bridgehead atoms. The quantitative estimate of drug-likeness (QED) is 0.786. The molecule has 19 heavy (non-hydrogen) atoms. The fraction of sp³-hybridized carbons (Fsp3) is 0.857. The van der Waals surface area contributed by atoms with Crippen molar-refractivity contribution in [2.75, 3.05) is 13.1 Å². The average molecular weight is 268 g/mol. The molecule has 3 unspecified atom stereocenters. The van der Waals surface area contributed by atoms with E-state index in [4.69, 9.17) is 5.11 Å². The molecule has 0 aromatic heterocycles. The Morgan fingerprint density at radius 1 is 1.37 bits per heavy atom. The van der Waals surface area contributed by atoms with Gasteiger partial charge in [0.25, 0.3) is 0 Å². The third kappa shape index (κ3) is 2.61. The predicted molar refractivity (Wildman–Crippen MR) is 71.7 cm³/mol. The molecule has 0 spiro atoms. The lowest BCUT2D eigenvalue weighted by atomic mass is 9.77. The molecule has 5 heteroatoms. The number of rotatable bonds is 2. The fourth-order valence-corrected chi connectivity index (χ4v) is 3.38. The van der Waals surface area contributed by atoms with E-state index in [-0.39, 0.29) is 23.4 Å². The maximum Gasteiger partial charge on any atom is 0.308 e. The highest BCUT2D eigenvalue weighted by Crippen LogP contribution is 2.33. The number of nitrogens with zero attached hydrogens (tertiary/aromatic N) is 1. The van der Waals surface area contributed by atoms with Crippen molar-refractivity contribution >= 4 is 11.9 Å². The van der Waals surface area contributed by atoms with Gasteiger partial charge in [0.1, 0.15) is 0 Å². The Balaban J connectivity index is 2.10. The number of piperidine rings is 1. The first kappa shape index (κ1) is 14.3. The zero-order valence-electron chi connectivity index (χ0n) is 12.0. The van der Waals surface area contributed by atoms with Crippen LogP contribution in [0.1, 0.15) is 40.0 Å². The number of nitrogens with one attached hydrogen (secondary N) is 1. The first-order chi connectivity index (χ1) is 8.84. The van der Waals surface area contributed by atoms with Crippen LogP contribution >= 0.6 is 0 Å². The first-order valence-corrected chi connectivity index (χ1v) is 7.11. The normalized spacial score (nSPS) is 34.3. The van der Waals surface area contributed by atoms with Gasteiger partial charge in [-0.05, 0) is 38.1 Å². The van der Waals surface area contributed by atoms with E-state index in [1.807, 2.05) is 6.92 Å². The van der Waals surface area contributed by atoms with Gasteiger partial charge in [-0.1, -0.05) is 13.8 Å². The summed E-state index contributed by atoms with van der Waals surface area (Å²) < 4.78 is 0. The van der Waals surface area contributed by atoms with Crippen LogP contribution in [0.3, 0.4) is 0 Å². The molecule has 5 nitrogen and oxygen atoms in total. The van der Waals surface area contributed by atoms with Gasteiger partial charge in [0.05, 0.1) is 12.0 Å². The van der Waals surface area contributed by atoms with E-state index >= 15 is 0 Å². The van der Waals surface area contributed by atoms with Crippen molar-refractivity contribution in [1.82, 2.24) is 10.2 Å². The van der Waals surface area contributed by atoms with Gasteiger partial charge in [0.2, 0.25) is 5.91 Å². The summed E-state index contributed by atoms with van der Waals surface area (Å²) in [7, 11) is 0. The summed E-state index contributed by atoms with van der Waals surface area (Å²) in [5.74, 6) is -1.14. The largest absolute Gasteiger partial charge is 0.481 e. The average Bonchev–Trinajstić information content (AvgIpc) is 2.70. The molecule has 0 saturated carbocycles. The summed E-state index contributed by atoms with van der Waals surface area (Å²) in [5.41, 5.74) is -0.0592. The van der Waals surface area contributed by atoms with Crippen LogP contribution in [0.5, 0.6) is 0 Å². The minimum Gasteiger partial charge on any atom is -0.481 e. The minimum atomic E-state index is -0.793. The maximum absolute atomic E-state index is 12.7. The molecule has 0 radical (unpaired) electrons. The van der Waals surface area contributed by atoms with E-state index in [1.165, 1.54) is 0 Å². The van der Waals surface area contributed by atoms with Crippen LogP contribution < -0.4 is 5.32 Å². The second kappa shape index (κ2) is 5.12. The number of hydrogen-bond acceptors (Lipinski definition) is 3. The number of hydrogen-bond donors (Lipinski definition) is 2. The lowest BCUT2D eigenvalue weighted by molar-refractivity contribution is -0.144. The van der Waals surface area contributed by atoms with Crippen LogP contribution in [0.4, 0.5) is 0 Å². The number of carbonyl (C=O) groups excluding carboxylic acids is 1. The van der Waals surface area contributed by atoms with Gasteiger partial charge in [-0.3, -0.25) is 9.59 Å². The van der Waals surface area contributed by atoms with E-state index in [0.717, 1.165) is 19.4 Å². The SMILES string of the molecule is CC1C(C(=O)O)CCN1C(=O)C1NCCCC1(C)C. The van der Waals surface area contributed by atoms with Gasteiger partial charge in [-0.2, -0.15) is 0 Å². The molecule has 2 N–H and O–H groups in total. The second-order valence-corrected chi connectivity index (χ2v) is 6.48. The molecule has 2 heterocycles. The fourth-order valence-electron chi connectivity index (χ4n) is 3.38. The summed E-state index contributed by atoms with van der Waals surface area (Å²) in [6.45, 7) is 7.49. The molecular formula is C14H24N2O3. The molecule has 0 aromatic rings. The summed E-state index contributed by atoms with van der Waals surface area (Å²) in [5, 5.41) is 12.5. The van der Waals surface area contributed by atoms with E-state index < -0.39 is 11.9 Å². The first-order valence-electron chi connectivity index (χ1n) is 7.11. The van der Waals surface area contributed by atoms with E-state index in [2.05, 4.69) is 19.2 Å². The third-order valence-corrected chi connectivity index (χ3v) is 4.73. The third-order valence-electron chi connectivity index (χ3n) is 4.73. The van der Waals surface area contributed by atoms with E-state index in [0.29, 0.717) is 13.0 Å². The summed E-state index contributed by atoms with van der Waals surface area (Å²) in [4.78, 5) is 25.5. The molecule has 1 amide bonds. The number of likely N-dealkylation sites (tertiary alicyclic amines) is 1. The van der Waals surface area contributed by atoms with Crippen molar-refractivity contribution < 1.29 is 14.7 Å². The Kier molecular flexibility index (Phi) is 3.85. The topological polar surface area (TPSA) is 69.6 Å². The highest BCUT2D eigenvalue weighted by atomic mass is 16.4. The van der Waals surface area contributed by atoms with Crippen molar-refractivity contribution in [2.45, 2.75) is 52.1 Å². The zero-order valence-corrected chi connectivity index (χ0v) is 12.0. The molecule has 0 aromatic carbocycles. The van der Waals surface area contributed by atoms with Crippen LogP contribution in [0.15, 0.2) is 0 Å². The number of carboxylic acid groups (broad SMARTS) is 1. The Bertz CT molecular complexity index is 381. The molecule has 3 atom stereocenters. The van der Waals surface area contributed by atoms with Crippen molar-refractivity contribution in [3.63, 3.8) is 0 Å². The monoisotopic (exact) mass is 268 g/mol. The predicted octanol–water partition coefficient (Wildman–Crippen LogP) is 1.09. The van der Waals surface area contributed by atoms with Crippen LogP contribution in [-0.2, 0) is 9.59 Å². The van der Waals surface area contributed by atoms with Crippen molar-refractivity contribution in [3.8, 4) is 0 Å². The van der Waals surface area contributed by atoms with Gasteiger partial charge in [-0.15, -0.1) is 0 Å². The molecule has 2 saturated heterocycles. The second-order valence-electron chi connectivity index (χ2n) is 6.48. The van der Waals surface area contributed by atoms with Crippen molar-refractivity contribution in [1.29, 1.82) is 0 Å². The van der Waals surface area contributed by atoms with E-state index in [1.54, 1.807) is 4.90 Å². The number of carbonyl (C=O) groups is 2. The Hall–Kier alpha value is -1.10. The van der Waals surface area contributed by atoms with Gasteiger partial charge in [-0.25, -0.2) is 0 Å². The Labute approximate surface area is 114 Å². The molecule has 2 aliphatic heterocycles. The van der Waals surface area contributed by atoms with Crippen molar-refractivity contribution in [3.05, 3.63) is 0 Å². The molecule has 2 aliphatic rings. The van der Waals surface area contributed by atoms with E-state index in [9.17, 15) is 9.59 Å². The van der Waals surface area contributed by atoms with Crippen LogP contribution in [-0.4, -0.2) is 47.1 Å². The minimum absolute atomic E-state index is 0.0592. The summed E-state index contributed by atoms with van der Waals surface area (Å²) >= 11 is 0. The lowest BCUT2D eigenvalue weighted by Gasteiger charge is -2.41. The van der Waals surface area contributed by atoms with Crippen LogP contribution in [0, 0.1) is 11.3 Å². The molecule has 108 valence electrons. The molecule has 0 aliphatic carbocycles. The summed E-state index contributed by atoms with van der Waals surface area (Å²) in [6, 6.07) is -0.388. The zero-order chi connectivity index (χ0) is 14.2. The van der Waals surface area contributed by atoms with Gasteiger partial charge in [0, 0.05) is 12.6 Å². The van der Waals surface area contributed by atoms with Gasteiger partial charge < -0.3 is 15.3 Å². The van der Waals surface area contributed by atoms with Crippen LogP contribution in [0.25, 0.3) is 0 Å².